The summed E-state index contributed by atoms with van der Waals surface area (Å²) in [5, 5.41) is 12.1. The average molecular weight is 299 g/mol. The van der Waals surface area contributed by atoms with E-state index in [-0.39, 0.29) is 5.54 Å². The molecule has 0 amide bonds. The molecule has 0 fully saturated rings. The van der Waals surface area contributed by atoms with Gasteiger partial charge in [-0.05, 0) is 45.1 Å². The quantitative estimate of drug-likeness (QED) is 0.682. The molecule has 0 radical (unpaired) electrons. The van der Waals surface area contributed by atoms with Crippen LogP contribution in [0.2, 0.25) is 0 Å². The van der Waals surface area contributed by atoms with Gasteiger partial charge >= 0.3 is 0 Å². The Kier molecular flexibility index (Phi) is 4.80. The van der Waals surface area contributed by atoms with Gasteiger partial charge in [0.25, 0.3) is 0 Å². The second-order valence-corrected chi connectivity index (χ2v) is 7.49. The van der Waals surface area contributed by atoms with Gasteiger partial charge in [0.15, 0.2) is 0 Å². The number of hydrogen-bond donors (Lipinski definition) is 1. The number of rotatable bonds is 3. The van der Waals surface area contributed by atoms with E-state index in [9.17, 15) is 5.11 Å². The van der Waals surface area contributed by atoms with E-state index in [1.165, 1.54) is 10.9 Å². The highest BCUT2D eigenvalue weighted by molar-refractivity contribution is 7.56. The topological polar surface area (TPSA) is 32.6 Å². The van der Waals surface area contributed by atoms with Gasteiger partial charge in [0.2, 0.25) is 0 Å². The zero-order valence-corrected chi connectivity index (χ0v) is 14.0. The van der Waals surface area contributed by atoms with Crippen LogP contribution >= 0.6 is 8.58 Å². The van der Waals surface area contributed by atoms with E-state index in [0.717, 1.165) is 10.9 Å². The summed E-state index contributed by atoms with van der Waals surface area (Å²) in [6.07, 6.45) is 1.95. The third-order valence-corrected chi connectivity index (χ3v) is 4.39. The first-order valence-corrected chi connectivity index (χ1v) is 8.06. The van der Waals surface area contributed by atoms with Gasteiger partial charge in [-0.1, -0.05) is 44.5 Å². The second-order valence-electron chi connectivity index (χ2n) is 6.16. The molecule has 0 heterocycles. The van der Waals surface area contributed by atoms with E-state index in [1.54, 1.807) is 6.07 Å². The molecule has 0 aliphatic carbocycles. The molecule has 21 heavy (non-hydrogen) atoms. The molecule has 0 aliphatic rings. The molecule has 110 valence electrons. The number of aromatic hydroxyl groups is 1. The number of hydrogen-bond acceptors (Lipinski definition) is 2. The van der Waals surface area contributed by atoms with E-state index in [2.05, 4.69) is 50.9 Å². The summed E-state index contributed by atoms with van der Waals surface area (Å²) >= 11 is 0. The summed E-state index contributed by atoms with van der Waals surface area (Å²) in [7, 11) is 0.423. The van der Waals surface area contributed by atoms with Crippen molar-refractivity contribution in [3.05, 3.63) is 53.6 Å². The van der Waals surface area contributed by atoms with Crippen LogP contribution < -0.4 is 10.6 Å². The molecular formula is C18H22NOP. The highest BCUT2D eigenvalue weighted by atomic mass is 31.1. The average Bonchev–Trinajstić information content (AvgIpc) is 2.40. The predicted molar refractivity (Wildman–Crippen MR) is 94.2 cm³/mol. The standard InChI is InChI=1S/C18H22NOP/c1-13-9-10-16(14(11-13)12-19-18(2,3)4)21-17-8-6-5-7-15(17)20/h5-12,20-21H,1-4H3. The Morgan fingerprint density at radius 2 is 1.76 bits per heavy atom. The molecule has 2 aromatic rings. The van der Waals surface area contributed by atoms with Crippen molar-refractivity contribution < 1.29 is 5.11 Å². The molecule has 2 rings (SSSR count). The number of nitrogens with zero attached hydrogens (tertiary/aromatic N) is 1. The molecule has 0 saturated heterocycles. The number of benzene rings is 2. The normalized spacial score (nSPS) is 12.6. The van der Waals surface area contributed by atoms with Crippen molar-refractivity contribution in [1.82, 2.24) is 0 Å². The fraction of sp³-hybridized carbons (Fsp3) is 0.278. The minimum absolute atomic E-state index is 0.0843. The van der Waals surface area contributed by atoms with Crippen molar-refractivity contribution in [3.8, 4) is 5.75 Å². The van der Waals surface area contributed by atoms with Crippen molar-refractivity contribution in [2.24, 2.45) is 4.99 Å². The number of aryl methyl sites for hydroxylation is 1. The molecule has 0 saturated carbocycles. The lowest BCUT2D eigenvalue weighted by Crippen LogP contribution is -2.13. The van der Waals surface area contributed by atoms with Gasteiger partial charge in [0.1, 0.15) is 5.75 Å². The van der Waals surface area contributed by atoms with Crippen LogP contribution in [0, 0.1) is 6.92 Å². The second kappa shape index (κ2) is 6.41. The lowest BCUT2D eigenvalue weighted by molar-refractivity contribution is 0.480. The lowest BCUT2D eigenvalue weighted by Gasteiger charge is -2.13. The van der Waals surface area contributed by atoms with Gasteiger partial charge in [-0.15, -0.1) is 0 Å². The highest BCUT2D eigenvalue weighted by Crippen LogP contribution is 2.20. The Bertz CT molecular complexity index is 657. The number of aliphatic imine (C=N–C) groups is 1. The number of phenols is 1. The minimum Gasteiger partial charge on any atom is -0.507 e. The Morgan fingerprint density at radius 1 is 1.05 bits per heavy atom. The summed E-state index contributed by atoms with van der Waals surface area (Å²) < 4.78 is 0. The van der Waals surface area contributed by atoms with E-state index >= 15 is 0 Å². The van der Waals surface area contributed by atoms with Crippen LogP contribution in [0.15, 0.2) is 47.5 Å². The van der Waals surface area contributed by atoms with Gasteiger partial charge in [-0.2, -0.15) is 0 Å². The summed E-state index contributed by atoms with van der Waals surface area (Å²) in [5.74, 6) is 0.357. The van der Waals surface area contributed by atoms with Crippen molar-refractivity contribution in [2.75, 3.05) is 0 Å². The van der Waals surface area contributed by atoms with Crippen LogP contribution in [0.3, 0.4) is 0 Å². The number of phenolic OH excluding ortho intramolecular Hbond substituents is 1. The maximum atomic E-state index is 9.95. The lowest BCUT2D eigenvalue weighted by atomic mass is 10.1. The largest absolute Gasteiger partial charge is 0.507 e. The molecule has 1 N–H and O–H groups in total. The Labute approximate surface area is 128 Å². The molecular weight excluding hydrogens is 277 g/mol. The van der Waals surface area contributed by atoms with Crippen molar-refractivity contribution >= 4 is 25.4 Å². The maximum absolute atomic E-state index is 9.95. The fourth-order valence-corrected chi connectivity index (χ4v) is 3.02. The summed E-state index contributed by atoms with van der Waals surface area (Å²) in [6.45, 7) is 8.35. The van der Waals surface area contributed by atoms with Crippen LogP contribution in [-0.2, 0) is 0 Å². The zero-order chi connectivity index (χ0) is 15.5. The Balaban J connectivity index is 2.36. The van der Waals surface area contributed by atoms with E-state index in [1.807, 2.05) is 24.4 Å². The van der Waals surface area contributed by atoms with Gasteiger partial charge in [-0.3, -0.25) is 4.99 Å². The van der Waals surface area contributed by atoms with Crippen LogP contribution in [0.4, 0.5) is 0 Å². The van der Waals surface area contributed by atoms with Crippen molar-refractivity contribution in [3.63, 3.8) is 0 Å². The molecule has 2 nitrogen and oxygen atoms in total. The molecule has 2 aromatic carbocycles. The SMILES string of the molecule is Cc1ccc(Pc2ccccc2O)c(C=NC(C)(C)C)c1. The third-order valence-electron chi connectivity index (χ3n) is 2.97. The Morgan fingerprint density at radius 3 is 2.43 bits per heavy atom. The van der Waals surface area contributed by atoms with E-state index < -0.39 is 0 Å². The smallest absolute Gasteiger partial charge is 0.123 e. The summed E-state index contributed by atoms with van der Waals surface area (Å²) in [5.41, 5.74) is 2.27. The summed E-state index contributed by atoms with van der Waals surface area (Å²) in [6, 6.07) is 13.9. The molecule has 0 aromatic heterocycles. The van der Waals surface area contributed by atoms with Crippen molar-refractivity contribution in [1.29, 1.82) is 0 Å². The Hall–Kier alpha value is -1.66. The molecule has 0 aliphatic heterocycles. The molecule has 0 bridgehead atoms. The van der Waals surface area contributed by atoms with Crippen LogP contribution in [0.25, 0.3) is 0 Å². The minimum atomic E-state index is -0.0843. The van der Waals surface area contributed by atoms with E-state index in [0.29, 0.717) is 14.3 Å². The fourth-order valence-electron chi connectivity index (χ4n) is 1.89. The summed E-state index contributed by atoms with van der Waals surface area (Å²) in [4.78, 5) is 4.61. The maximum Gasteiger partial charge on any atom is 0.123 e. The van der Waals surface area contributed by atoms with Gasteiger partial charge in [-0.25, -0.2) is 0 Å². The molecule has 1 unspecified atom stereocenters. The first-order valence-electron chi connectivity index (χ1n) is 7.06. The van der Waals surface area contributed by atoms with Crippen LogP contribution in [0.5, 0.6) is 5.75 Å². The molecule has 0 spiro atoms. The zero-order valence-electron chi connectivity index (χ0n) is 13.0. The van der Waals surface area contributed by atoms with Crippen molar-refractivity contribution in [2.45, 2.75) is 33.2 Å². The molecule has 3 heteroatoms. The van der Waals surface area contributed by atoms with Gasteiger partial charge in [0, 0.05) is 17.1 Å². The van der Waals surface area contributed by atoms with E-state index in [4.69, 9.17) is 0 Å². The van der Waals surface area contributed by atoms with Gasteiger partial charge in [0.05, 0.1) is 5.54 Å². The first kappa shape index (κ1) is 15.7. The predicted octanol–water partition coefficient (Wildman–Crippen LogP) is 3.55. The molecule has 1 atom stereocenters. The number of para-hydroxylation sites is 1. The van der Waals surface area contributed by atoms with Crippen LogP contribution in [0.1, 0.15) is 31.9 Å². The monoisotopic (exact) mass is 299 g/mol. The highest BCUT2D eigenvalue weighted by Gasteiger charge is 2.08. The first-order chi connectivity index (χ1) is 9.85. The van der Waals surface area contributed by atoms with Crippen LogP contribution in [-0.4, -0.2) is 16.9 Å². The van der Waals surface area contributed by atoms with Gasteiger partial charge < -0.3 is 5.11 Å². The third kappa shape index (κ3) is 4.68.